The van der Waals surface area contributed by atoms with Crippen LogP contribution in [0.1, 0.15) is 11.1 Å². The molecule has 0 nitrogen and oxygen atoms in total. The number of aryl methyl sites for hydroxylation is 1. The molecule has 13 heavy (non-hydrogen) atoms. The molecule has 1 rings (SSSR count). The van der Waals surface area contributed by atoms with Gasteiger partial charge in [0.15, 0.2) is 0 Å². The van der Waals surface area contributed by atoms with Gasteiger partial charge in [0.1, 0.15) is 6.01 Å². The highest BCUT2D eigenvalue weighted by Gasteiger charge is 1.97. The van der Waals surface area contributed by atoms with Gasteiger partial charge < -0.3 is 0 Å². The first-order chi connectivity index (χ1) is 6.22. The fourth-order valence-electron chi connectivity index (χ4n) is 1.06. The molecule has 70 valence electrons. The Morgan fingerprint density at radius 1 is 1.38 bits per heavy atom. The molecule has 2 heteroatoms. The lowest BCUT2D eigenvalue weighted by molar-refractivity contribution is 0.606. The van der Waals surface area contributed by atoms with Gasteiger partial charge in [-0.25, -0.2) is 4.39 Å². The Kier molecular flexibility index (Phi) is 4.03. The summed E-state index contributed by atoms with van der Waals surface area (Å²) < 4.78 is 11.9. The van der Waals surface area contributed by atoms with E-state index in [0.717, 1.165) is 11.3 Å². The molecular formula is C11H13FS. The summed E-state index contributed by atoms with van der Waals surface area (Å²) in [6.07, 6.45) is 0.759. The van der Waals surface area contributed by atoms with Crippen molar-refractivity contribution in [3.05, 3.63) is 46.9 Å². The number of hydrogen-bond acceptors (Lipinski definition) is 1. The molecule has 0 amide bonds. The minimum Gasteiger partial charge on any atom is -0.239 e. The first-order valence-corrected chi connectivity index (χ1v) is 5.13. The number of rotatable bonds is 4. The maximum absolute atomic E-state index is 11.9. The molecule has 0 unspecified atom stereocenters. The predicted molar refractivity (Wildman–Crippen MR) is 57.6 cm³/mol. The van der Waals surface area contributed by atoms with E-state index in [2.05, 4.69) is 37.8 Å². The lowest BCUT2D eigenvalue weighted by Gasteiger charge is -2.02. The molecule has 0 saturated heterocycles. The van der Waals surface area contributed by atoms with Gasteiger partial charge in [0, 0.05) is 6.42 Å². The van der Waals surface area contributed by atoms with Gasteiger partial charge in [0.2, 0.25) is 0 Å². The van der Waals surface area contributed by atoms with Crippen LogP contribution in [-0.4, -0.2) is 6.01 Å². The normalized spacial score (nSPS) is 10.0. The van der Waals surface area contributed by atoms with Crippen LogP contribution in [0.2, 0.25) is 0 Å². The quantitative estimate of drug-likeness (QED) is 0.707. The number of benzene rings is 1. The van der Waals surface area contributed by atoms with Crippen LogP contribution in [0.15, 0.2) is 35.7 Å². The van der Waals surface area contributed by atoms with Gasteiger partial charge in [-0.05, 0) is 17.4 Å². The summed E-state index contributed by atoms with van der Waals surface area (Å²) in [5.74, 6) is 0. The van der Waals surface area contributed by atoms with Gasteiger partial charge in [-0.1, -0.05) is 48.2 Å². The second kappa shape index (κ2) is 5.07. The molecule has 0 aliphatic carbocycles. The van der Waals surface area contributed by atoms with Crippen molar-refractivity contribution in [1.82, 2.24) is 0 Å². The predicted octanol–water partition coefficient (Wildman–Crippen LogP) is 3.71. The number of halogens is 1. The van der Waals surface area contributed by atoms with E-state index in [1.807, 2.05) is 0 Å². The standard InChI is InChI=1S/C11H13FS/c1-9-3-5-11(6-4-9)7-10(2)13-8-12/h3-6H,2,7-8H2,1H3. The molecule has 0 aliphatic rings. The highest BCUT2D eigenvalue weighted by molar-refractivity contribution is 8.02. The number of alkyl halides is 1. The number of thioether (sulfide) groups is 1. The van der Waals surface area contributed by atoms with Crippen LogP contribution in [-0.2, 0) is 6.42 Å². The van der Waals surface area contributed by atoms with Crippen molar-refractivity contribution in [2.24, 2.45) is 0 Å². The fraction of sp³-hybridized carbons (Fsp3) is 0.273. The topological polar surface area (TPSA) is 0 Å². The van der Waals surface area contributed by atoms with Gasteiger partial charge in [0.25, 0.3) is 0 Å². The molecule has 0 fully saturated rings. The van der Waals surface area contributed by atoms with Gasteiger partial charge in [-0.2, -0.15) is 0 Å². The maximum Gasteiger partial charge on any atom is 0.139 e. The molecule has 0 saturated carbocycles. The van der Waals surface area contributed by atoms with Gasteiger partial charge in [-0.3, -0.25) is 0 Å². The molecule has 0 aliphatic heterocycles. The van der Waals surface area contributed by atoms with Crippen molar-refractivity contribution < 1.29 is 4.39 Å². The van der Waals surface area contributed by atoms with Crippen LogP contribution in [0.3, 0.4) is 0 Å². The van der Waals surface area contributed by atoms with Crippen LogP contribution in [0, 0.1) is 6.92 Å². The molecule has 0 atom stereocenters. The van der Waals surface area contributed by atoms with Crippen LogP contribution in [0.25, 0.3) is 0 Å². The van der Waals surface area contributed by atoms with Crippen LogP contribution in [0.5, 0.6) is 0 Å². The van der Waals surface area contributed by atoms with Gasteiger partial charge >= 0.3 is 0 Å². The third-order valence-corrected chi connectivity index (χ3v) is 2.44. The summed E-state index contributed by atoms with van der Waals surface area (Å²) in [7, 11) is 0. The molecule has 1 aromatic rings. The Labute approximate surface area is 82.9 Å². The number of hydrogen-bond donors (Lipinski definition) is 0. The zero-order chi connectivity index (χ0) is 9.68. The Hall–Kier alpha value is -0.760. The largest absolute Gasteiger partial charge is 0.239 e. The molecule has 0 heterocycles. The van der Waals surface area contributed by atoms with E-state index >= 15 is 0 Å². The Balaban J connectivity index is 2.54. The summed E-state index contributed by atoms with van der Waals surface area (Å²) in [6.45, 7) is 5.84. The maximum atomic E-state index is 11.9. The average molecular weight is 196 g/mol. The van der Waals surface area contributed by atoms with Crippen molar-refractivity contribution >= 4 is 11.8 Å². The van der Waals surface area contributed by atoms with Gasteiger partial charge in [-0.15, -0.1) is 0 Å². The Morgan fingerprint density at radius 3 is 2.54 bits per heavy atom. The van der Waals surface area contributed by atoms with E-state index in [1.54, 1.807) is 0 Å². The average Bonchev–Trinajstić information content (AvgIpc) is 2.09. The van der Waals surface area contributed by atoms with Crippen molar-refractivity contribution in [1.29, 1.82) is 0 Å². The third kappa shape index (κ3) is 3.64. The van der Waals surface area contributed by atoms with Crippen molar-refractivity contribution in [2.75, 3.05) is 6.01 Å². The second-order valence-corrected chi connectivity index (χ2v) is 4.04. The lowest BCUT2D eigenvalue weighted by atomic mass is 10.1. The fourth-order valence-corrected chi connectivity index (χ4v) is 1.48. The van der Waals surface area contributed by atoms with E-state index in [-0.39, 0.29) is 6.01 Å². The number of allylic oxidation sites excluding steroid dienone is 1. The zero-order valence-corrected chi connectivity index (χ0v) is 8.53. The summed E-state index contributed by atoms with van der Waals surface area (Å²) >= 11 is 1.17. The summed E-state index contributed by atoms with van der Waals surface area (Å²) in [4.78, 5) is 0.881. The highest BCUT2D eigenvalue weighted by Crippen LogP contribution is 2.18. The van der Waals surface area contributed by atoms with E-state index in [4.69, 9.17) is 0 Å². The molecule has 1 aromatic carbocycles. The Morgan fingerprint density at radius 2 is 2.00 bits per heavy atom. The summed E-state index contributed by atoms with van der Waals surface area (Å²) in [6, 6.07) is 7.84. The SMILES string of the molecule is C=C(Cc1ccc(C)cc1)SCF. The van der Waals surface area contributed by atoms with Crippen LogP contribution in [0.4, 0.5) is 4.39 Å². The van der Waals surface area contributed by atoms with Crippen LogP contribution < -0.4 is 0 Å². The van der Waals surface area contributed by atoms with Crippen LogP contribution >= 0.6 is 11.8 Å². The van der Waals surface area contributed by atoms with Gasteiger partial charge in [0.05, 0.1) is 0 Å². The van der Waals surface area contributed by atoms with E-state index in [9.17, 15) is 4.39 Å². The van der Waals surface area contributed by atoms with E-state index < -0.39 is 0 Å². The smallest absolute Gasteiger partial charge is 0.139 e. The highest BCUT2D eigenvalue weighted by atomic mass is 32.2. The second-order valence-electron chi connectivity index (χ2n) is 2.95. The third-order valence-electron chi connectivity index (χ3n) is 1.78. The van der Waals surface area contributed by atoms with E-state index in [0.29, 0.717) is 0 Å². The first kappa shape index (κ1) is 10.3. The van der Waals surface area contributed by atoms with E-state index in [1.165, 1.54) is 22.9 Å². The first-order valence-electron chi connectivity index (χ1n) is 4.14. The molecule has 0 spiro atoms. The minimum atomic E-state index is -0.384. The minimum absolute atomic E-state index is 0.384. The Bertz CT molecular complexity index is 277. The molecule has 0 bridgehead atoms. The monoisotopic (exact) mass is 196 g/mol. The molecule has 0 N–H and O–H groups in total. The zero-order valence-electron chi connectivity index (χ0n) is 7.72. The van der Waals surface area contributed by atoms with Crippen molar-refractivity contribution in [3.8, 4) is 0 Å². The lowest BCUT2D eigenvalue weighted by Crippen LogP contribution is -1.86. The van der Waals surface area contributed by atoms with Crippen molar-refractivity contribution in [2.45, 2.75) is 13.3 Å². The summed E-state index contributed by atoms with van der Waals surface area (Å²) in [5.41, 5.74) is 2.43. The molecular weight excluding hydrogens is 183 g/mol. The summed E-state index contributed by atoms with van der Waals surface area (Å²) in [5, 5.41) is 0. The van der Waals surface area contributed by atoms with Crippen molar-refractivity contribution in [3.63, 3.8) is 0 Å². The molecule has 0 aromatic heterocycles. The molecule has 0 radical (unpaired) electrons.